The number of benzene rings is 6. The van der Waals surface area contributed by atoms with E-state index in [9.17, 15) is 0 Å². The maximum absolute atomic E-state index is 6.44. The average Bonchev–Trinajstić information content (AvgIpc) is 3.57. The van der Waals surface area contributed by atoms with Gasteiger partial charge in [-0.2, -0.15) is 0 Å². The van der Waals surface area contributed by atoms with Crippen LogP contribution in [0.3, 0.4) is 0 Å². The van der Waals surface area contributed by atoms with Crippen LogP contribution in [-0.2, 0) is 0 Å². The molecule has 8 aromatic rings. The quantitative estimate of drug-likeness (QED) is 0.261. The highest BCUT2D eigenvalue weighted by atomic mass is 16.3. The second kappa shape index (κ2) is 8.64. The first-order valence-electron chi connectivity index (χ1n) is 13.1. The van der Waals surface area contributed by atoms with Crippen LogP contribution in [0.5, 0.6) is 0 Å². The molecule has 0 bridgehead atoms. The minimum absolute atomic E-state index is 0.872. The summed E-state index contributed by atoms with van der Waals surface area (Å²) in [6.45, 7) is 0. The van der Waals surface area contributed by atoms with Crippen LogP contribution in [0.1, 0.15) is 0 Å². The zero-order chi connectivity index (χ0) is 25.8. The fourth-order valence-corrected chi connectivity index (χ4v) is 5.70. The minimum Gasteiger partial charge on any atom is -0.456 e. The van der Waals surface area contributed by atoms with Crippen molar-refractivity contribution in [3.8, 4) is 22.3 Å². The standard InChI is InChI=1S/C36H23NO2/c1-3-10-23(11-4-1)26-15-9-17-33-34(26)29-22-25(18-21-32(29)38-33)37-30-20-19-27(24-12-5-2-6-13-24)36-35(30)28-14-7-8-16-31(28)39-36/h1-22,37H. The van der Waals surface area contributed by atoms with Crippen LogP contribution < -0.4 is 5.32 Å². The molecule has 0 amide bonds. The van der Waals surface area contributed by atoms with E-state index in [1.807, 2.05) is 30.3 Å². The molecule has 0 aliphatic carbocycles. The Kier molecular flexibility index (Phi) is 4.82. The molecule has 8 rings (SSSR count). The molecule has 0 spiro atoms. The summed E-state index contributed by atoms with van der Waals surface area (Å²) in [5.74, 6) is 0. The van der Waals surface area contributed by atoms with Crippen LogP contribution >= 0.6 is 0 Å². The van der Waals surface area contributed by atoms with Gasteiger partial charge in [-0.15, -0.1) is 0 Å². The van der Waals surface area contributed by atoms with Crippen LogP contribution in [0.2, 0.25) is 0 Å². The van der Waals surface area contributed by atoms with Crippen molar-refractivity contribution in [2.24, 2.45) is 0 Å². The van der Waals surface area contributed by atoms with Crippen LogP contribution in [0.4, 0.5) is 11.4 Å². The molecule has 3 heteroatoms. The lowest BCUT2D eigenvalue weighted by atomic mass is 9.99. The van der Waals surface area contributed by atoms with Crippen molar-refractivity contribution < 1.29 is 8.83 Å². The largest absolute Gasteiger partial charge is 0.456 e. The number of nitrogens with one attached hydrogen (secondary N) is 1. The molecule has 6 aromatic carbocycles. The summed E-state index contributed by atoms with van der Waals surface area (Å²) in [6, 6.07) is 46.0. The number of para-hydroxylation sites is 1. The van der Waals surface area contributed by atoms with E-state index in [0.717, 1.165) is 66.4 Å². The summed E-state index contributed by atoms with van der Waals surface area (Å²) in [4.78, 5) is 0. The summed E-state index contributed by atoms with van der Waals surface area (Å²) >= 11 is 0. The van der Waals surface area contributed by atoms with Gasteiger partial charge in [-0.05, 0) is 59.2 Å². The Bertz CT molecular complexity index is 2140. The van der Waals surface area contributed by atoms with E-state index < -0.39 is 0 Å². The molecule has 0 fully saturated rings. The van der Waals surface area contributed by atoms with E-state index >= 15 is 0 Å². The van der Waals surface area contributed by atoms with Gasteiger partial charge in [0.25, 0.3) is 0 Å². The topological polar surface area (TPSA) is 38.3 Å². The molecule has 0 aliphatic heterocycles. The third kappa shape index (κ3) is 3.52. The molecule has 1 N–H and O–H groups in total. The Hall–Kier alpha value is -5.28. The second-order valence-electron chi connectivity index (χ2n) is 9.81. The van der Waals surface area contributed by atoms with E-state index in [1.165, 1.54) is 11.1 Å². The van der Waals surface area contributed by atoms with Crippen molar-refractivity contribution >= 4 is 55.3 Å². The summed E-state index contributed by atoms with van der Waals surface area (Å²) in [7, 11) is 0. The Morgan fingerprint density at radius 3 is 1.95 bits per heavy atom. The van der Waals surface area contributed by atoms with Crippen LogP contribution in [0.25, 0.3) is 66.1 Å². The highest BCUT2D eigenvalue weighted by molar-refractivity contribution is 6.17. The summed E-state index contributed by atoms with van der Waals surface area (Å²) in [6.07, 6.45) is 0. The van der Waals surface area contributed by atoms with Crippen molar-refractivity contribution in [1.29, 1.82) is 0 Å². The zero-order valence-corrected chi connectivity index (χ0v) is 21.0. The monoisotopic (exact) mass is 501 g/mol. The smallest absolute Gasteiger partial charge is 0.145 e. The van der Waals surface area contributed by atoms with Gasteiger partial charge in [0.2, 0.25) is 0 Å². The lowest BCUT2D eigenvalue weighted by Crippen LogP contribution is -1.92. The maximum atomic E-state index is 6.44. The first-order chi connectivity index (χ1) is 19.3. The van der Waals surface area contributed by atoms with E-state index in [1.54, 1.807) is 0 Å². The Balaban J connectivity index is 1.31. The Labute approximate surface area is 224 Å². The van der Waals surface area contributed by atoms with Gasteiger partial charge in [0.05, 0.1) is 11.1 Å². The van der Waals surface area contributed by atoms with Gasteiger partial charge in [0.15, 0.2) is 0 Å². The molecule has 184 valence electrons. The molecular weight excluding hydrogens is 478 g/mol. The molecular formula is C36H23NO2. The van der Waals surface area contributed by atoms with Crippen molar-refractivity contribution in [1.82, 2.24) is 0 Å². The molecule has 0 atom stereocenters. The Morgan fingerprint density at radius 1 is 0.436 bits per heavy atom. The molecule has 3 nitrogen and oxygen atoms in total. The fourth-order valence-electron chi connectivity index (χ4n) is 5.70. The maximum Gasteiger partial charge on any atom is 0.145 e. The first kappa shape index (κ1) is 21.8. The van der Waals surface area contributed by atoms with Gasteiger partial charge in [-0.25, -0.2) is 0 Å². The van der Waals surface area contributed by atoms with E-state index in [4.69, 9.17) is 8.83 Å². The molecule has 0 aliphatic rings. The molecule has 2 heterocycles. The second-order valence-corrected chi connectivity index (χ2v) is 9.81. The fraction of sp³-hybridized carbons (Fsp3) is 0. The van der Waals surface area contributed by atoms with Gasteiger partial charge in [-0.3, -0.25) is 0 Å². The summed E-state index contributed by atoms with van der Waals surface area (Å²) in [5, 5.41) is 8.09. The third-order valence-electron chi connectivity index (χ3n) is 7.47. The van der Waals surface area contributed by atoms with Crippen LogP contribution in [0.15, 0.2) is 142 Å². The summed E-state index contributed by atoms with van der Waals surface area (Å²) in [5.41, 5.74) is 10.1. The highest BCUT2D eigenvalue weighted by Crippen LogP contribution is 2.42. The van der Waals surface area contributed by atoms with Crippen LogP contribution in [-0.4, -0.2) is 0 Å². The normalized spacial score (nSPS) is 11.6. The number of hydrogen-bond donors (Lipinski definition) is 1. The molecule has 0 saturated carbocycles. The van der Waals surface area contributed by atoms with Gasteiger partial charge >= 0.3 is 0 Å². The van der Waals surface area contributed by atoms with Gasteiger partial charge in [0.1, 0.15) is 22.3 Å². The number of fused-ring (bicyclic) bond motifs is 6. The number of hydrogen-bond acceptors (Lipinski definition) is 3. The van der Waals surface area contributed by atoms with Gasteiger partial charge in [-0.1, -0.05) is 91.0 Å². The van der Waals surface area contributed by atoms with E-state index in [-0.39, 0.29) is 0 Å². The van der Waals surface area contributed by atoms with Gasteiger partial charge in [0, 0.05) is 27.4 Å². The minimum atomic E-state index is 0.872. The average molecular weight is 502 g/mol. The Morgan fingerprint density at radius 2 is 1.13 bits per heavy atom. The molecule has 2 aromatic heterocycles. The lowest BCUT2D eigenvalue weighted by molar-refractivity contribution is 0.669. The van der Waals surface area contributed by atoms with Crippen molar-refractivity contribution in [3.63, 3.8) is 0 Å². The molecule has 0 radical (unpaired) electrons. The summed E-state index contributed by atoms with van der Waals surface area (Å²) < 4.78 is 12.7. The van der Waals surface area contributed by atoms with E-state index in [0.29, 0.717) is 0 Å². The van der Waals surface area contributed by atoms with Crippen LogP contribution in [0, 0.1) is 0 Å². The van der Waals surface area contributed by atoms with E-state index in [2.05, 4.69) is 108 Å². The zero-order valence-electron chi connectivity index (χ0n) is 21.0. The predicted molar refractivity (Wildman–Crippen MR) is 162 cm³/mol. The predicted octanol–water partition coefficient (Wildman–Crippen LogP) is 10.6. The molecule has 0 unspecified atom stereocenters. The van der Waals surface area contributed by atoms with Crippen molar-refractivity contribution in [2.45, 2.75) is 0 Å². The first-order valence-corrected chi connectivity index (χ1v) is 13.1. The van der Waals surface area contributed by atoms with Crippen molar-refractivity contribution in [3.05, 3.63) is 133 Å². The highest BCUT2D eigenvalue weighted by Gasteiger charge is 2.17. The molecule has 0 saturated heterocycles. The lowest BCUT2D eigenvalue weighted by Gasteiger charge is -2.11. The van der Waals surface area contributed by atoms with Crippen molar-refractivity contribution in [2.75, 3.05) is 5.32 Å². The number of rotatable bonds is 4. The van der Waals surface area contributed by atoms with Gasteiger partial charge < -0.3 is 14.2 Å². The third-order valence-corrected chi connectivity index (χ3v) is 7.47. The SMILES string of the molecule is c1ccc(-c2ccc(Nc3ccc4oc5cccc(-c6ccccc6)c5c4c3)c3c2oc2ccccc23)cc1. The number of furan rings is 2. The molecule has 39 heavy (non-hydrogen) atoms. The number of anilines is 2.